The van der Waals surface area contributed by atoms with Gasteiger partial charge in [-0.25, -0.2) is 9.18 Å². The Bertz CT molecular complexity index is 709. The zero-order chi connectivity index (χ0) is 17.0. The number of hydrogen-bond acceptors (Lipinski definition) is 4. The van der Waals surface area contributed by atoms with Crippen LogP contribution in [0, 0.1) is 12.7 Å². The number of esters is 1. The lowest BCUT2D eigenvalue weighted by Gasteiger charge is -2.13. The van der Waals surface area contributed by atoms with Crippen LogP contribution in [0.5, 0.6) is 0 Å². The number of benzene rings is 1. The average Bonchev–Trinajstić information content (AvgIpc) is 2.90. The van der Waals surface area contributed by atoms with Crippen molar-refractivity contribution in [2.75, 3.05) is 5.32 Å². The van der Waals surface area contributed by atoms with Crippen molar-refractivity contribution >= 4 is 28.9 Å². The average molecular weight is 335 g/mol. The molecule has 1 heterocycles. The normalized spacial score (nSPS) is 11.8. The third kappa shape index (κ3) is 4.39. The fraction of sp³-hybridized carbons (Fsp3) is 0.294. The highest BCUT2D eigenvalue weighted by Gasteiger charge is 2.21. The second kappa shape index (κ2) is 7.37. The molecular formula is C17H18FNO3S. The van der Waals surface area contributed by atoms with Gasteiger partial charge >= 0.3 is 5.97 Å². The van der Waals surface area contributed by atoms with Gasteiger partial charge in [-0.3, -0.25) is 4.79 Å². The summed E-state index contributed by atoms with van der Waals surface area (Å²) in [5.74, 6) is -1.37. The Morgan fingerprint density at radius 3 is 2.52 bits per heavy atom. The molecule has 0 bridgehead atoms. The minimum absolute atomic E-state index is 0.387. The lowest BCUT2D eigenvalue weighted by atomic mass is 10.2. The van der Waals surface area contributed by atoms with Crippen LogP contribution in [-0.4, -0.2) is 18.0 Å². The number of ether oxygens (including phenoxy) is 1. The Labute approximate surface area is 138 Å². The van der Waals surface area contributed by atoms with Crippen LogP contribution >= 0.6 is 11.3 Å². The highest BCUT2D eigenvalue weighted by atomic mass is 32.1. The summed E-state index contributed by atoms with van der Waals surface area (Å²) in [4.78, 5) is 25.7. The van der Waals surface area contributed by atoms with E-state index in [1.165, 1.54) is 42.5 Å². The molecule has 1 N–H and O–H groups in total. The Hall–Kier alpha value is -2.21. The van der Waals surface area contributed by atoms with Gasteiger partial charge in [0.05, 0.1) is 0 Å². The third-order valence-corrected chi connectivity index (χ3v) is 4.44. The maximum atomic E-state index is 12.8. The number of thiophene rings is 1. The van der Waals surface area contributed by atoms with Crippen LogP contribution in [0.25, 0.3) is 0 Å². The number of carbonyl (C=O) groups is 2. The number of amides is 1. The standard InChI is InChI=1S/C17H18FNO3S/c1-4-12-9-15(23-11(12)3)17(21)22-10(2)16(20)19-14-7-5-13(18)6-8-14/h5-10H,4H2,1-3H3,(H,19,20)/t10-/m1/s1. The monoisotopic (exact) mass is 335 g/mol. The Kier molecular flexibility index (Phi) is 5.50. The molecule has 2 rings (SSSR count). The first-order chi connectivity index (χ1) is 10.9. The number of carbonyl (C=O) groups excluding carboxylic acids is 2. The van der Waals surface area contributed by atoms with Gasteiger partial charge in [-0.05, 0) is 56.2 Å². The molecule has 1 atom stereocenters. The lowest BCUT2D eigenvalue weighted by Crippen LogP contribution is -2.29. The van der Waals surface area contributed by atoms with E-state index in [-0.39, 0.29) is 5.82 Å². The van der Waals surface area contributed by atoms with Gasteiger partial charge in [-0.1, -0.05) is 6.92 Å². The van der Waals surface area contributed by atoms with Crippen LogP contribution in [0.15, 0.2) is 30.3 Å². The third-order valence-electron chi connectivity index (χ3n) is 3.37. The highest BCUT2D eigenvalue weighted by molar-refractivity contribution is 7.14. The smallest absolute Gasteiger partial charge is 0.349 e. The molecule has 0 fully saturated rings. The molecule has 0 saturated carbocycles. The summed E-state index contributed by atoms with van der Waals surface area (Å²) >= 11 is 1.36. The van der Waals surface area contributed by atoms with Gasteiger partial charge in [0.15, 0.2) is 6.10 Å². The second-order valence-electron chi connectivity index (χ2n) is 5.09. The van der Waals surface area contributed by atoms with E-state index in [4.69, 9.17) is 4.74 Å². The van der Waals surface area contributed by atoms with E-state index >= 15 is 0 Å². The van der Waals surface area contributed by atoms with E-state index in [1.54, 1.807) is 6.07 Å². The van der Waals surface area contributed by atoms with Crippen LogP contribution in [0.2, 0.25) is 0 Å². The molecule has 1 aromatic carbocycles. The topological polar surface area (TPSA) is 55.4 Å². The molecule has 0 radical (unpaired) electrons. The molecule has 23 heavy (non-hydrogen) atoms. The summed E-state index contributed by atoms with van der Waals surface area (Å²) in [5, 5.41) is 2.57. The fourth-order valence-electron chi connectivity index (χ4n) is 2.02. The Balaban J connectivity index is 1.96. The summed E-state index contributed by atoms with van der Waals surface area (Å²) in [6, 6.07) is 7.17. The second-order valence-corrected chi connectivity index (χ2v) is 6.35. The molecule has 1 aromatic heterocycles. The minimum Gasteiger partial charge on any atom is -0.448 e. The van der Waals surface area contributed by atoms with Gasteiger partial charge in [0.25, 0.3) is 5.91 Å². The van der Waals surface area contributed by atoms with E-state index in [9.17, 15) is 14.0 Å². The maximum absolute atomic E-state index is 12.8. The van der Waals surface area contributed by atoms with Crippen molar-refractivity contribution in [3.05, 3.63) is 51.5 Å². The lowest BCUT2D eigenvalue weighted by molar-refractivity contribution is -0.123. The van der Waals surface area contributed by atoms with Crippen LogP contribution in [0.4, 0.5) is 10.1 Å². The number of aryl methyl sites for hydroxylation is 2. The largest absolute Gasteiger partial charge is 0.448 e. The number of nitrogens with one attached hydrogen (secondary N) is 1. The van der Waals surface area contributed by atoms with Crippen molar-refractivity contribution in [3.8, 4) is 0 Å². The summed E-state index contributed by atoms with van der Waals surface area (Å²) in [6.45, 7) is 5.46. The van der Waals surface area contributed by atoms with E-state index in [1.807, 2.05) is 13.8 Å². The molecule has 6 heteroatoms. The fourth-order valence-corrected chi connectivity index (χ4v) is 3.02. The molecule has 0 spiro atoms. The molecule has 4 nitrogen and oxygen atoms in total. The molecule has 0 unspecified atom stereocenters. The highest BCUT2D eigenvalue weighted by Crippen LogP contribution is 2.23. The quantitative estimate of drug-likeness (QED) is 0.842. The first kappa shape index (κ1) is 17.1. The Morgan fingerprint density at radius 2 is 1.96 bits per heavy atom. The molecular weight excluding hydrogens is 317 g/mol. The predicted octanol–water partition coefficient (Wildman–Crippen LogP) is 3.94. The van der Waals surface area contributed by atoms with Crippen LogP contribution < -0.4 is 5.32 Å². The van der Waals surface area contributed by atoms with Gasteiger partial charge < -0.3 is 10.1 Å². The van der Waals surface area contributed by atoms with Crippen molar-refractivity contribution in [2.24, 2.45) is 0 Å². The van der Waals surface area contributed by atoms with Crippen LogP contribution in [0.1, 0.15) is 34.0 Å². The minimum atomic E-state index is -0.944. The van der Waals surface area contributed by atoms with Crippen molar-refractivity contribution in [2.45, 2.75) is 33.3 Å². The summed E-state index contributed by atoms with van der Waals surface area (Å²) in [7, 11) is 0. The predicted molar refractivity (Wildman–Crippen MR) is 88.3 cm³/mol. The van der Waals surface area contributed by atoms with Crippen molar-refractivity contribution in [1.82, 2.24) is 0 Å². The Morgan fingerprint density at radius 1 is 1.30 bits per heavy atom. The van der Waals surface area contributed by atoms with Crippen molar-refractivity contribution in [1.29, 1.82) is 0 Å². The number of anilines is 1. The first-order valence-electron chi connectivity index (χ1n) is 7.27. The van der Waals surface area contributed by atoms with E-state index in [2.05, 4.69) is 5.32 Å². The number of halogens is 1. The van der Waals surface area contributed by atoms with E-state index in [0.717, 1.165) is 16.9 Å². The molecule has 2 aromatic rings. The summed E-state index contributed by atoms with van der Waals surface area (Å²) in [6.07, 6.45) is -0.101. The van der Waals surface area contributed by atoms with Crippen LogP contribution in [-0.2, 0) is 16.0 Å². The van der Waals surface area contributed by atoms with E-state index in [0.29, 0.717) is 10.6 Å². The molecule has 0 aliphatic carbocycles. The summed E-state index contributed by atoms with van der Waals surface area (Å²) in [5.41, 5.74) is 1.55. The number of hydrogen-bond donors (Lipinski definition) is 1. The SMILES string of the molecule is CCc1cc(C(=O)O[C@H](C)C(=O)Nc2ccc(F)cc2)sc1C. The zero-order valence-electron chi connectivity index (χ0n) is 13.2. The molecule has 122 valence electrons. The first-order valence-corrected chi connectivity index (χ1v) is 8.09. The van der Waals surface area contributed by atoms with Gasteiger partial charge in [0.2, 0.25) is 0 Å². The summed E-state index contributed by atoms with van der Waals surface area (Å²) < 4.78 is 18.0. The maximum Gasteiger partial charge on any atom is 0.349 e. The van der Waals surface area contributed by atoms with Crippen LogP contribution in [0.3, 0.4) is 0 Å². The van der Waals surface area contributed by atoms with Crippen molar-refractivity contribution in [3.63, 3.8) is 0 Å². The molecule has 0 saturated heterocycles. The van der Waals surface area contributed by atoms with Gasteiger partial charge in [0.1, 0.15) is 10.7 Å². The van der Waals surface area contributed by atoms with Gasteiger partial charge in [-0.15, -0.1) is 11.3 Å². The van der Waals surface area contributed by atoms with E-state index < -0.39 is 18.0 Å². The van der Waals surface area contributed by atoms with Gasteiger partial charge in [0, 0.05) is 10.6 Å². The zero-order valence-corrected chi connectivity index (χ0v) is 14.0. The molecule has 0 aliphatic heterocycles. The number of rotatable bonds is 5. The molecule has 1 amide bonds. The molecule has 0 aliphatic rings. The van der Waals surface area contributed by atoms with Crippen molar-refractivity contribution < 1.29 is 18.7 Å². The van der Waals surface area contributed by atoms with Gasteiger partial charge in [-0.2, -0.15) is 0 Å².